The fourth-order valence-electron chi connectivity index (χ4n) is 1.31. The Balaban J connectivity index is 2.23. The second kappa shape index (κ2) is 4.52. The van der Waals surface area contributed by atoms with Crippen LogP contribution in [-0.4, -0.2) is 26.8 Å². The van der Waals surface area contributed by atoms with Gasteiger partial charge in [-0.05, 0) is 19.1 Å². The highest BCUT2D eigenvalue weighted by Crippen LogP contribution is 2.26. The molecule has 5 nitrogen and oxygen atoms in total. The molecule has 0 aliphatic carbocycles. The summed E-state index contributed by atoms with van der Waals surface area (Å²) >= 11 is 1.57. The van der Waals surface area contributed by atoms with Gasteiger partial charge in [-0.15, -0.1) is 0 Å². The minimum atomic E-state index is 0.629. The Bertz CT molecular complexity index is 494. The van der Waals surface area contributed by atoms with Gasteiger partial charge in [-0.25, -0.2) is 9.97 Å². The van der Waals surface area contributed by atoms with Gasteiger partial charge in [0.05, 0.1) is 5.69 Å². The van der Waals surface area contributed by atoms with Gasteiger partial charge in [-0.3, -0.25) is 4.68 Å². The number of nitrogens with zero attached hydrogens (tertiary/aromatic N) is 4. The molecule has 2 heterocycles. The number of aromatic nitrogens is 4. The molecule has 2 rings (SSSR count). The molecule has 0 amide bonds. The third-order valence-corrected chi connectivity index (χ3v) is 3.05. The van der Waals surface area contributed by atoms with E-state index in [0.717, 1.165) is 15.7 Å². The Morgan fingerprint density at radius 2 is 2.25 bits per heavy atom. The first-order valence-corrected chi connectivity index (χ1v) is 5.70. The highest BCUT2D eigenvalue weighted by molar-refractivity contribution is 7.99. The van der Waals surface area contributed by atoms with E-state index >= 15 is 0 Å². The molecule has 0 aliphatic heterocycles. The third kappa shape index (κ3) is 2.33. The van der Waals surface area contributed by atoms with Crippen molar-refractivity contribution in [2.75, 3.05) is 12.4 Å². The van der Waals surface area contributed by atoms with Crippen LogP contribution in [0.25, 0.3) is 0 Å². The van der Waals surface area contributed by atoms with Crippen molar-refractivity contribution >= 4 is 17.7 Å². The van der Waals surface area contributed by atoms with Gasteiger partial charge < -0.3 is 5.32 Å². The molecule has 0 saturated carbocycles. The number of nitrogens with one attached hydrogen (secondary N) is 1. The monoisotopic (exact) mass is 235 g/mol. The van der Waals surface area contributed by atoms with E-state index in [2.05, 4.69) is 20.4 Å². The number of anilines is 1. The lowest BCUT2D eigenvalue weighted by molar-refractivity contribution is 0.692. The average molecular weight is 235 g/mol. The van der Waals surface area contributed by atoms with E-state index in [1.807, 2.05) is 30.8 Å². The molecular weight excluding hydrogens is 222 g/mol. The third-order valence-electron chi connectivity index (χ3n) is 2.02. The van der Waals surface area contributed by atoms with E-state index in [1.54, 1.807) is 25.0 Å². The Labute approximate surface area is 98.3 Å². The molecule has 1 N–H and O–H groups in total. The molecule has 0 radical (unpaired) electrons. The minimum Gasteiger partial charge on any atom is -0.357 e. The van der Waals surface area contributed by atoms with E-state index in [4.69, 9.17) is 0 Å². The summed E-state index contributed by atoms with van der Waals surface area (Å²) in [5, 5.41) is 9.17. The van der Waals surface area contributed by atoms with Crippen molar-refractivity contribution in [2.24, 2.45) is 7.05 Å². The molecule has 0 unspecified atom stereocenters. The topological polar surface area (TPSA) is 55.6 Å². The predicted octanol–water partition coefficient (Wildman–Crippen LogP) is 1.71. The SMILES string of the molecule is CNc1nccc(Sc2cc(C)nn2C)n1. The van der Waals surface area contributed by atoms with Gasteiger partial charge in [0, 0.05) is 20.3 Å². The van der Waals surface area contributed by atoms with E-state index < -0.39 is 0 Å². The molecule has 2 aromatic rings. The van der Waals surface area contributed by atoms with Crippen molar-refractivity contribution < 1.29 is 0 Å². The molecule has 0 atom stereocenters. The molecule has 0 spiro atoms. The lowest BCUT2D eigenvalue weighted by Crippen LogP contribution is -1.97. The Morgan fingerprint density at radius 1 is 1.44 bits per heavy atom. The van der Waals surface area contributed by atoms with Crippen LogP contribution in [0, 0.1) is 6.92 Å². The molecular formula is C10H13N5S. The quantitative estimate of drug-likeness (QED) is 0.821. The lowest BCUT2D eigenvalue weighted by atomic mass is 10.5. The van der Waals surface area contributed by atoms with Gasteiger partial charge in [0.25, 0.3) is 0 Å². The van der Waals surface area contributed by atoms with Crippen LogP contribution in [0.3, 0.4) is 0 Å². The molecule has 0 saturated heterocycles. The van der Waals surface area contributed by atoms with Crippen molar-refractivity contribution in [3.05, 3.63) is 24.0 Å². The average Bonchev–Trinajstić information content (AvgIpc) is 2.58. The first kappa shape index (κ1) is 10.9. The summed E-state index contributed by atoms with van der Waals surface area (Å²) in [5.74, 6) is 0.629. The van der Waals surface area contributed by atoms with Crippen molar-refractivity contribution in [3.8, 4) is 0 Å². The number of hydrogen-bond donors (Lipinski definition) is 1. The Hall–Kier alpha value is -1.56. The van der Waals surface area contributed by atoms with Gasteiger partial charge >= 0.3 is 0 Å². The lowest BCUT2D eigenvalue weighted by Gasteiger charge is -2.02. The van der Waals surface area contributed by atoms with Crippen LogP contribution >= 0.6 is 11.8 Å². The van der Waals surface area contributed by atoms with E-state index in [1.165, 1.54) is 0 Å². The highest BCUT2D eigenvalue weighted by atomic mass is 32.2. The smallest absolute Gasteiger partial charge is 0.223 e. The fraction of sp³-hybridized carbons (Fsp3) is 0.300. The molecule has 6 heteroatoms. The summed E-state index contributed by atoms with van der Waals surface area (Å²) in [6.07, 6.45) is 1.74. The minimum absolute atomic E-state index is 0.629. The van der Waals surface area contributed by atoms with Gasteiger partial charge in [0.2, 0.25) is 5.95 Å². The van der Waals surface area contributed by atoms with Crippen LogP contribution in [0.15, 0.2) is 28.4 Å². The fourth-order valence-corrected chi connectivity index (χ4v) is 2.19. The summed E-state index contributed by atoms with van der Waals surface area (Å²) in [7, 11) is 3.73. The van der Waals surface area contributed by atoms with Crippen molar-refractivity contribution in [1.82, 2.24) is 19.7 Å². The van der Waals surface area contributed by atoms with Crippen LogP contribution < -0.4 is 5.32 Å². The summed E-state index contributed by atoms with van der Waals surface area (Å²) in [5.41, 5.74) is 1.01. The van der Waals surface area contributed by atoms with Crippen LogP contribution in [-0.2, 0) is 7.05 Å². The zero-order chi connectivity index (χ0) is 11.5. The Morgan fingerprint density at radius 3 is 2.88 bits per heavy atom. The molecule has 84 valence electrons. The maximum Gasteiger partial charge on any atom is 0.223 e. The van der Waals surface area contributed by atoms with Crippen LogP contribution in [0.1, 0.15) is 5.69 Å². The number of hydrogen-bond acceptors (Lipinski definition) is 5. The largest absolute Gasteiger partial charge is 0.357 e. The zero-order valence-electron chi connectivity index (χ0n) is 9.43. The predicted molar refractivity (Wildman–Crippen MR) is 63.6 cm³/mol. The summed E-state index contributed by atoms with van der Waals surface area (Å²) < 4.78 is 1.85. The van der Waals surface area contributed by atoms with Crippen molar-refractivity contribution in [1.29, 1.82) is 0 Å². The second-order valence-corrected chi connectivity index (χ2v) is 4.36. The maximum absolute atomic E-state index is 4.34. The van der Waals surface area contributed by atoms with E-state index in [9.17, 15) is 0 Å². The van der Waals surface area contributed by atoms with Crippen LogP contribution in [0.2, 0.25) is 0 Å². The van der Waals surface area contributed by atoms with Crippen molar-refractivity contribution in [3.63, 3.8) is 0 Å². The maximum atomic E-state index is 4.34. The molecule has 0 aliphatic rings. The van der Waals surface area contributed by atoms with E-state index in [-0.39, 0.29) is 0 Å². The summed E-state index contributed by atoms with van der Waals surface area (Å²) in [6, 6.07) is 3.92. The summed E-state index contributed by atoms with van der Waals surface area (Å²) in [6.45, 7) is 1.98. The van der Waals surface area contributed by atoms with Gasteiger partial charge in [0.15, 0.2) is 0 Å². The number of rotatable bonds is 3. The van der Waals surface area contributed by atoms with Gasteiger partial charge in [-0.1, -0.05) is 11.8 Å². The first-order chi connectivity index (χ1) is 7.69. The highest BCUT2D eigenvalue weighted by Gasteiger charge is 2.05. The molecule has 0 aromatic carbocycles. The molecule has 2 aromatic heterocycles. The van der Waals surface area contributed by atoms with E-state index in [0.29, 0.717) is 5.95 Å². The van der Waals surface area contributed by atoms with Crippen molar-refractivity contribution in [2.45, 2.75) is 17.0 Å². The zero-order valence-corrected chi connectivity index (χ0v) is 10.2. The molecule has 16 heavy (non-hydrogen) atoms. The molecule has 0 bridgehead atoms. The molecule has 0 fully saturated rings. The number of aryl methyl sites for hydroxylation is 2. The second-order valence-electron chi connectivity index (χ2n) is 3.32. The standard InChI is InChI=1S/C10H13N5S/c1-7-6-9(15(3)14-7)16-8-4-5-12-10(11-2)13-8/h4-6H,1-3H3,(H,11,12,13). The van der Waals surface area contributed by atoms with Gasteiger partial charge in [0.1, 0.15) is 10.1 Å². The Kier molecular flexibility index (Phi) is 3.09. The summed E-state index contributed by atoms with van der Waals surface area (Å²) in [4.78, 5) is 8.41. The first-order valence-electron chi connectivity index (χ1n) is 4.88. The van der Waals surface area contributed by atoms with Gasteiger partial charge in [-0.2, -0.15) is 5.10 Å². The normalized spacial score (nSPS) is 10.4. The van der Waals surface area contributed by atoms with Crippen LogP contribution in [0.4, 0.5) is 5.95 Å². The van der Waals surface area contributed by atoms with Crippen LogP contribution in [0.5, 0.6) is 0 Å².